The van der Waals surface area contributed by atoms with E-state index in [1.807, 2.05) is 0 Å². The van der Waals surface area contributed by atoms with Crippen molar-refractivity contribution in [1.29, 1.82) is 0 Å². The molecule has 0 saturated heterocycles. The van der Waals surface area contributed by atoms with Gasteiger partial charge in [-0.25, -0.2) is 0 Å². The summed E-state index contributed by atoms with van der Waals surface area (Å²) in [7, 11) is -3.02. The molecule has 0 atom stereocenters. The Balaban J connectivity index is 3.68. The van der Waals surface area contributed by atoms with Crippen LogP contribution in [0.2, 0.25) is 0 Å². The molecule has 0 unspecified atom stereocenters. The molecule has 1 aromatic rings. The van der Waals surface area contributed by atoms with E-state index in [0.29, 0.717) is 5.56 Å². The minimum atomic E-state index is -4.32. The van der Waals surface area contributed by atoms with Gasteiger partial charge < -0.3 is 4.74 Å². The number of rotatable bonds is 3. The number of aliphatic imine (C=N–C) groups is 1. The van der Waals surface area contributed by atoms with E-state index in [-0.39, 0.29) is 16.3 Å². The zero-order chi connectivity index (χ0) is 11.6. The SMILES string of the molecule is C=Nc1ccc(C)c(S(=O)(=O)O)c1OC. The molecule has 0 bridgehead atoms. The molecule has 82 valence electrons. The number of hydrogen-bond donors (Lipinski definition) is 1. The molecule has 1 rings (SSSR count). The quantitative estimate of drug-likeness (QED) is 0.630. The molecule has 0 fully saturated rings. The molecule has 1 N–H and O–H groups in total. The maximum Gasteiger partial charge on any atom is 0.298 e. The van der Waals surface area contributed by atoms with Gasteiger partial charge in [0.15, 0.2) is 5.75 Å². The summed E-state index contributed by atoms with van der Waals surface area (Å²) in [5.41, 5.74) is 0.664. The largest absolute Gasteiger partial charge is 0.493 e. The van der Waals surface area contributed by atoms with Gasteiger partial charge >= 0.3 is 0 Å². The van der Waals surface area contributed by atoms with Crippen LogP contribution in [0.3, 0.4) is 0 Å². The second kappa shape index (κ2) is 4.00. The third-order valence-electron chi connectivity index (χ3n) is 1.92. The van der Waals surface area contributed by atoms with Gasteiger partial charge in [0.25, 0.3) is 10.1 Å². The highest BCUT2D eigenvalue weighted by molar-refractivity contribution is 7.86. The van der Waals surface area contributed by atoms with Crippen molar-refractivity contribution in [3.63, 3.8) is 0 Å². The monoisotopic (exact) mass is 229 g/mol. The summed E-state index contributed by atoms with van der Waals surface area (Å²) < 4.78 is 36.2. The Kier molecular flexibility index (Phi) is 3.11. The molecule has 0 spiro atoms. The van der Waals surface area contributed by atoms with Crippen molar-refractivity contribution >= 4 is 22.5 Å². The van der Waals surface area contributed by atoms with E-state index in [0.717, 1.165) is 0 Å². The molecule has 0 aliphatic heterocycles. The first-order valence-electron chi connectivity index (χ1n) is 4.03. The van der Waals surface area contributed by atoms with Crippen LogP contribution in [0.5, 0.6) is 5.75 Å². The first-order chi connectivity index (χ1) is 6.91. The molecular formula is C9H11NO4S. The summed E-state index contributed by atoms with van der Waals surface area (Å²) in [6.07, 6.45) is 0. The van der Waals surface area contributed by atoms with E-state index in [2.05, 4.69) is 11.7 Å². The van der Waals surface area contributed by atoms with Crippen molar-refractivity contribution < 1.29 is 17.7 Å². The number of nitrogens with zero attached hydrogens (tertiary/aromatic N) is 1. The predicted octanol–water partition coefficient (Wildman–Crippen LogP) is 1.58. The van der Waals surface area contributed by atoms with Crippen molar-refractivity contribution in [1.82, 2.24) is 0 Å². The van der Waals surface area contributed by atoms with Crippen LogP contribution in [0.15, 0.2) is 22.0 Å². The van der Waals surface area contributed by atoms with Gasteiger partial charge in [0.05, 0.1) is 7.11 Å². The van der Waals surface area contributed by atoms with E-state index < -0.39 is 10.1 Å². The fraction of sp³-hybridized carbons (Fsp3) is 0.222. The Morgan fingerprint density at radius 2 is 2.07 bits per heavy atom. The highest BCUT2D eigenvalue weighted by Gasteiger charge is 2.21. The van der Waals surface area contributed by atoms with Gasteiger partial charge in [-0.15, -0.1) is 0 Å². The standard InChI is InChI=1S/C9H11NO4S/c1-6-4-5-7(10-2)8(14-3)9(6)15(11,12)13/h4-5H,2H2,1,3H3,(H,11,12,13). The minimum Gasteiger partial charge on any atom is -0.493 e. The van der Waals surface area contributed by atoms with Crippen molar-refractivity contribution in [2.45, 2.75) is 11.8 Å². The molecule has 0 aliphatic carbocycles. The van der Waals surface area contributed by atoms with Crippen molar-refractivity contribution in [2.75, 3.05) is 7.11 Å². The van der Waals surface area contributed by atoms with Crippen molar-refractivity contribution in [3.05, 3.63) is 17.7 Å². The Hall–Kier alpha value is -1.40. The fourth-order valence-electron chi connectivity index (χ4n) is 1.29. The Morgan fingerprint density at radius 3 is 2.47 bits per heavy atom. The van der Waals surface area contributed by atoms with E-state index in [1.165, 1.54) is 13.2 Å². The lowest BCUT2D eigenvalue weighted by atomic mass is 10.2. The summed E-state index contributed by atoms with van der Waals surface area (Å²) in [5.74, 6) is 0.00694. The molecule has 15 heavy (non-hydrogen) atoms. The second-order valence-corrected chi connectivity index (χ2v) is 4.26. The summed E-state index contributed by atoms with van der Waals surface area (Å²) in [5, 5.41) is 0. The predicted molar refractivity (Wildman–Crippen MR) is 56.8 cm³/mol. The summed E-state index contributed by atoms with van der Waals surface area (Å²) in [4.78, 5) is 3.34. The van der Waals surface area contributed by atoms with Crippen LogP contribution >= 0.6 is 0 Å². The molecule has 0 saturated carbocycles. The minimum absolute atomic E-state index is 0.00694. The number of benzene rings is 1. The van der Waals surface area contributed by atoms with Gasteiger partial charge in [0.1, 0.15) is 10.6 Å². The van der Waals surface area contributed by atoms with Crippen LogP contribution in [-0.4, -0.2) is 26.8 Å². The average molecular weight is 229 g/mol. The third-order valence-corrected chi connectivity index (χ3v) is 2.94. The zero-order valence-electron chi connectivity index (χ0n) is 8.39. The van der Waals surface area contributed by atoms with E-state index in [1.54, 1.807) is 13.0 Å². The molecular weight excluding hydrogens is 218 g/mol. The van der Waals surface area contributed by atoms with Gasteiger partial charge in [-0.3, -0.25) is 9.55 Å². The maximum absolute atomic E-state index is 11.1. The summed E-state index contributed by atoms with van der Waals surface area (Å²) >= 11 is 0. The summed E-state index contributed by atoms with van der Waals surface area (Å²) in [6, 6.07) is 3.09. The van der Waals surface area contributed by atoms with E-state index in [4.69, 9.17) is 9.29 Å². The van der Waals surface area contributed by atoms with Crippen LogP contribution in [0.4, 0.5) is 5.69 Å². The van der Waals surface area contributed by atoms with Crippen molar-refractivity contribution in [2.24, 2.45) is 4.99 Å². The lowest BCUT2D eigenvalue weighted by Crippen LogP contribution is -2.04. The number of methoxy groups -OCH3 is 1. The molecule has 0 aliphatic rings. The Labute approximate surface area is 88.2 Å². The van der Waals surface area contributed by atoms with Gasteiger partial charge in [-0.1, -0.05) is 6.07 Å². The number of hydrogen-bond acceptors (Lipinski definition) is 4. The van der Waals surface area contributed by atoms with Gasteiger partial charge in [0.2, 0.25) is 0 Å². The molecule has 0 aromatic heterocycles. The van der Waals surface area contributed by atoms with Crippen LogP contribution in [-0.2, 0) is 10.1 Å². The lowest BCUT2D eigenvalue weighted by molar-refractivity contribution is 0.398. The third kappa shape index (κ3) is 2.16. The van der Waals surface area contributed by atoms with Crippen molar-refractivity contribution in [3.8, 4) is 5.75 Å². The maximum atomic E-state index is 11.1. The smallest absolute Gasteiger partial charge is 0.298 e. The number of ether oxygens (including phenoxy) is 1. The van der Waals surface area contributed by atoms with Crippen LogP contribution < -0.4 is 4.74 Å². The van der Waals surface area contributed by atoms with Gasteiger partial charge in [0, 0.05) is 0 Å². The Bertz CT molecular complexity index is 493. The molecule has 0 amide bonds. The lowest BCUT2D eigenvalue weighted by Gasteiger charge is -2.10. The van der Waals surface area contributed by atoms with Crippen LogP contribution in [0.25, 0.3) is 0 Å². The number of aryl methyl sites for hydroxylation is 1. The van der Waals surface area contributed by atoms with Gasteiger partial charge in [-0.2, -0.15) is 8.42 Å². The normalized spacial score (nSPS) is 11.1. The molecule has 5 nitrogen and oxygen atoms in total. The topological polar surface area (TPSA) is 76.0 Å². The van der Waals surface area contributed by atoms with E-state index in [9.17, 15) is 8.42 Å². The Morgan fingerprint density at radius 1 is 1.47 bits per heavy atom. The summed E-state index contributed by atoms with van der Waals surface area (Å²) in [6.45, 7) is 4.84. The van der Waals surface area contributed by atoms with E-state index >= 15 is 0 Å². The molecule has 0 heterocycles. The second-order valence-electron chi connectivity index (χ2n) is 2.90. The molecule has 6 heteroatoms. The molecule has 1 aromatic carbocycles. The molecule has 0 radical (unpaired) electrons. The zero-order valence-corrected chi connectivity index (χ0v) is 9.21. The first kappa shape index (κ1) is 11.7. The highest BCUT2D eigenvalue weighted by atomic mass is 32.2. The van der Waals surface area contributed by atoms with Crippen LogP contribution in [0, 0.1) is 6.92 Å². The average Bonchev–Trinajstić information content (AvgIpc) is 2.15. The first-order valence-corrected chi connectivity index (χ1v) is 5.47. The highest BCUT2D eigenvalue weighted by Crippen LogP contribution is 2.36. The fourth-order valence-corrected chi connectivity index (χ4v) is 2.19. The van der Waals surface area contributed by atoms with Gasteiger partial charge in [-0.05, 0) is 25.3 Å². The van der Waals surface area contributed by atoms with Crippen LogP contribution in [0.1, 0.15) is 5.56 Å².